The van der Waals surface area contributed by atoms with Crippen LogP contribution in [0.2, 0.25) is 0 Å². The van der Waals surface area contributed by atoms with Crippen molar-refractivity contribution in [3.8, 4) is 11.8 Å². The van der Waals surface area contributed by atoms with Gasteiger partial charge in [-0.3, -0.25) is 4.79 Å². The molecule has 0 saturated heterocycles. The quantitative estimate of drug-likeness (QED) is 0.897. The number of benzene rings is 1. The van der Waals surface area contributed by atoms with E-state index in [9.17, 15) is 4.79 Å². The summed E-state index contributed by atoms with van der Waals surface area (Å²) in [5, 5.41) is 2.72. The Bertz CT molecular complexity index is 584. The van der Waals surface area contributed by atoms with Crippen LogP contribution in [0.3, 0.4) is 0 Å². The highest BCUT2D eigenvalue weighted by atomic mass is 16.5. The Morgan fingerprint density at radius 1 is 1.15 bits per heavy atom. The van der Waals surface area contributed by atoms with Crippen molar-refractivity contribution in [1.29, 1.82) is 0 Å². The van der Waals surface area contributed by atoms with Crippen molar-refractivity contribution in [1.82, 2.24) is 9.97 Å². The monoisotopic (exact) mass is 273 g/mol. The molecule has 0 unspecified atom stereocenters. The van der Waals surface area contributed by atoms with Gasteiger partial charge in [0.2, 0.25) is 5.91 Å². The lowest BCUT2D eigenvalue weighted by Crippen LogP contribution is -2.15. The molecule has 0 bridgehead atoms. The lowest BCUT2D eigenvalue weighted by atomic mass is 10.1. The van der Waals surface area contributed by atoms with Gasteiger partial charge in [-0.15, -0.1) is 0 Å². The van der Waals surface area contributed by atoms with Crippen molar-refractivity contribution < 1.29 is 14.3 Å². The molecule has 1 amide bonds. The van der Waals surface area contributed by atoms with Crippen LogP contribution >= 0.6 is 0 Å². The lowest BCUT2D eigenvalue weighted by molar-refractivity contribution is -0.115. The molecule has 0 aliphatic heterocycles. The van der Waals surface area contributed by atoms with Crippen molar-refractivity contribution in [2.24, 2.45) is 0 Å². The average molecular weight is 273 g/mol. The lowest BCUT2D eigenvalue weighted by Gasteiger charge is -2.08. The van der Waals surface area contributed by atoms with E-state index in [1.165, 1.54) is 19.5 Å². The summed E-state index contributed by atoms with van der Waals surface area (Å²) in [6.45, 7) is 0. The Morgan fingerprint density at radius 3 is 2.50 bits per heavy atom. The number of hydrogen-bond acceptors (Lipinski definition) is 5. The Hall–Kier alpha value is -2.63. The second kappa shape index (κ2) is 6.51. The minimum Gasteiger partial charge on any atom is -0.496 e. The third-order valence-electron chi connectivity index (χ3n) is 2.64. The van der Waals surface area contributed by atoms with Gasteiger partial charge < -0.3 is 14.8 Å². The molecular formula is C14H15N3O3. The zero-order valence-corrected chi connectivity index (χ0v) is 11.3. The van der Waals surface area contributed by atoms with Gasteiger partial charge >= 0.3 is 6.01 Å². The van der Waals surface area contributed by atoms with Crippen molar-refractivity contribution in [2.75, 3.05) is 19.5 Å². The minimum atomic E-state index is -0.164. The molecule has 1 heterocycles. The van der Waals surface area contributed by atoms with Gasteiger partial charge in [0, 0.05) is 5.56 Å². The first-order chi connectivity index (χ1) is 9.72. The molecule has 1 N–H and O–H groups in total. The number of ether oxygens (including phenoxy) is 2. The second-order valence-electron chi connectivity index (χ2n) is 4.00. The van der Waals surface area contributed by atoms with E-state index in [1.54, 1.807) is 7.11 Å². The molecule has 0 aliphatic rings. The van der Waals surface area contributed by atoms with Crippen LogP contribution in [-0.2, 0) is 11.2 Å². The largest absolute Gasteiger partial charge is 0.496 e. The minimum absolute atomic E-state index is 0.164. The normalized spacial score (nSPS) is 9.90. The van der Waals surface area contributed by atoms with Gasteiger partial charge in [-0.05, 0) is 6.07 Å². The molecule has 0 saturated carbocycles. The predicted molar refractivity (Wildman–Crippen MR) is 73.9 cm³/mol. The number of carbonyl (C=O) groups is 1. The zero-order valence-electron chi connectivity index (χ0n) is 11.3. The van der Waals surface area contributed by atoms with Crippen molar-refractivity contribution >= 4 is 11.6 Å². The molecule has 20 heavy (non-hydrogen) atoms. The highest BCUT2D eigenvalue weighted by Crippen LogP contribution is 2.18. The van der Waals surface area contributed by atoms with E-state index in [0.29, 0.717) is 11.4 Å². The smallest absolute Gasteiger partial charge is 0.316 e. The summed E-state index contributed by atoms with van der Waals surface area (Å²) in [4.78, 5) is 19.8. The third kappa shape index (κ3) is 3.44. The number of amides is 1. The van der Waals surface area contributed by atoms with Gasteiger partial charge in [-0.2, -0.15) is 0 Å². The van der Waals surface area contributed by atoms with E-state index < -0.39 is 0 Å². The molecule has 6 nitrogen and oxygen atoms in total. The number of rotatable bonds is 5. The fraction of sp³-hybridized carbons (Fsp3) is 0.214. The average Bonchev–Trinajstić information content (AvgIpc) is 2.48. The number of nitrogens with zero attached hydrogens (tertiary/aromatic N) is 2. The van der Waals surface area contributed by atoms with Crippen LogP contribution in [0, 0.1) is 0 Å². The second-order valence-corrected chi connectivity index (χ2v) is 4.00. The van der Waals surface area contributed by atoms with E-state index in [0.717, 1.165) is 5.56 Å². The van der Waals surface area contributed by atoms with Gasteiger partial charge in [-0.25, -0.2) is 9.97 Å². The molecule has 0 spiro atoms. The first-order valence-corrected chi connectivity index (χ1v) is 6.00. The number of anilines is 1. The molecule has 1 aromatic carbocycles. The van der Waals surface area contributed by atoms with Gasteiger partial charge in [0.1, 0.15) is 5.75 Å². The summed E-state index contributed by atoms with van der Waals surface area (Å²) in [6.07, 6.45) is 3.20. The highest BCUT2D eigenvalue weighted by molar-refractivity contribution is 5.92. The zero-order chi connectivity index (χ0) is 14.4. The van der Waals surface area contributed by atoms with Gasteiger partial charge in [0.25, 0.3) is 0 Å². The summed E-state index contributed by atoms with van der Waals surface area (Å²) in [7, 11) is 3.06. The summed E-state index contributed by atoms with van der Waals surface area (Å²) >= 11 is 0. The summed E-state index contributed by atoms with van der Waals surface area (Å²) < 4.78 is 10.1. The standard InChI is InChI=1S/C14H15N3O3/c1-19-12-6-4-3-5-10(12)7-13(18)17-11-8-15-14(20-2)16-9-11/h3-6,8-9H,7H2,1-2H3,(H,17,18). The SMILES string of the molecule is COc1ncc(NC(=O)Cc2ccccc2OC)cn1. The molecule has 2 aromatic rings. The topological polar surface area (TPSA) is 73.3 Å². The van der Waals surface area contributed by atoms with E-state index in [2.05, 4.69) is 15.3 Å². The summed E-state index contributed by atoms with van der Waals surface area (Å²) in [5.74, 6) is 0.525. The maximum absolute atomic E-state index is 12.0. The first kappa shape index (κ1) is 13.8. The van der Waals surface area contributed by atoms with E-state index in [1.807, 2.05) is 24.3 Å². The predicted octanol–water partition coefficient (Wildman–Crippen LogP) is 1.67. The molecule has 0 atom stereocenters. The van der Waals surface area contributed by atoms with Crippen LogP contribution in [0.1, 0.15) is 5.56 Å². The van der Waals surface area contributed by atoms with Crippen molar-refractivity contribution in [3.05, 3.63) is 42.2 Å². The fourth-order valence-corrected chi connectivity index (χ4v) is 1.71. The molecule has 104 valence electrons. The van der Waals surface area contributed by atoms with Gasteiger partial charge in [-0.1, -0.05) is 18.2 Å². The Labute approximate surface area is 116 Å². The molecule has 1 aromatic heterocycles. The van der Waals surface area contributed by atoms with Crippen LogP contribution in [0.4, 0.5) is 5.69 Å². The van der Waals surface area contributed by atoms with Crippen molar-refractivity contribution in [3.63, 3.8) is 0 Å². The molecule has 0 fully saturated rings. The van der Waals surface area contributed by atoms with Crippen molar-refractivity contribution in [2.45, 2.75) is 6.42 Å². The van der Waals surface area contributed by atoms with Crippen LogP contribution < -0.4 is 14.8 Å². The summed E-state index contributed by atoms with van der Waals surface area (Å²) in [5.41, 5.74) is 1.34. The number of hydrogen-bond donors (Lipinski definition) is 1. The molecular weight excluding hydrogens is 258 g/mol. The number of nitrogens with one attached hydrogen (secondary N) is 1. The Balaban J connectivity index is 2.01. The number of aromatic nitrogens is 2. The van der Waals surface area contributed by atoms with Crippen LogP contribution in [0.15, 0.2) is 36.7 Å². The van der Waals surface area contributed by atoms with E-state index in [-0.39, 0.29) is 18.3 Å². The Kier molecular flexibility index (Phi) is 4.49. The highest BCUT2D eigenvalue weighted by Gasteiger charge is 2.09. The number of methoxy groups -OCH3 is 2. The van der Waals surface area contributed by atoms with E-state index >= 15 is 0 Å². The van der Waals surface area contributed by atoms with Crippen LogP contribution in [0.5, 0.6) is 11.8 Å². The molecule has 6 heteroatoms. The molecule has 2 rings (SSSR count). The maximum Gasteiger partial charge on any atom is 0.316 e. The van der Waals surface area contributed by atoms with Gasteiger partial charge in [0.05, 0.1) is 38.7 Å². The third-order valence-corrected chi connectivity index (χ3v) is 2.64. The molecule has 0 aliphatic carbocycles. The first-order valence-electron chi connectivity index (χ1n) is 6.00. The molecule has 0 radical (unpaired) electrons. The Morgan fingerprint density at radius 2 is 1.85 bits per heavy atom. The van der Waals surface area contributed by atoms with Crippen LogP contribution in [-0.4, -0.2) is 30.1 Å². The fourth-order valence-electron chi connectivity index (χ4n) is 1.71. The maximum atomic E-state index is 12.0. The number of carbonyl (C=O) groups excluding carboxylic acids is 1. The van der Waals surface area contributed by atoms with Gasteiger partial charge in [0.15, 0.2) is 0 Å². The van der Waals surface area contributed by atoms with Crippen LogP contribution in [0.25, 0.3) is 0 Å². The van der Waals surface area contributed by atoms with E-state index in [4.69, 9.17) is 9.47 Å². The number of para-hydroxylation sites is 1. The summed E-state index contributed by atoms with van der Waals surface area (Å²) in [6, 6.07) is 7.65.